The fraction of sp³-hybridized carbons (Fsp3) is 0.429. The van der Waals surface area contributed by atoms with Gasteiger partial charge < -0.3 is 4.74 Å². The first kappa shape index (κ1) is 14.8. The Balaban J connectivity index is 2.90. The second-order valence-electron chi connectivity index (χ2n) is 4.21. The van der Waals surface area contributed by atoms with E-state index >= 15 is 0 Å². The van der Waals surface area contributed by atoms with Gasteiger partial charge in [-0.1, -0.05) is 42.1 Å². The number of thioether (sulfide) groups is 1. The van der Waals surface area contributed by atoms with Gasteiger partial charge in [0.25, 0.3) is 0 Å². The Morgan fingerprint density at radius 1 is 1.28 bits per heavy atom. The molecule has 98 valence electrons. The first-order valence-electron chi connectivity index (χ1n) is 5.88. The van der Waals surface area contributed by atoms with E-state index in [2.05, 4.69) is 0 Å². The lowest BCUT2D eigenvalue weighted by atomic mass is 10.0. The van der Waals surface area contributed by atoms with E-state index in [1.54, 1.807) is 13.8 Å². The van der Waals surface area contributed by atoms with Gasteiger partial charge in [-0.2, -0.15) is 0 Å². The minimum absolute atomic E-state index is 0.0820. The van der Waals surface area contributed by atoms with Gasteiger partial charge in [-0.25, -0.2) is 0 Å². The zero-order valence-corrected chi connectivity index (χ0v) is 11.8. The van der Waals surface area contributed by atoms with Crippen molar-refractivity contribution >= 4 is 22.8 Å². The van der Waals surface area contributed by atoms with Crippen LogP contribution in [0, 0.1) is 0 Å². The highest BCUT2D eigenvalue weighted by molar-refractivity contribution is 8.15. The zero-order valence-electron chi connectivity index (χ0n) is 10.9. The van der Waals surface area contributed by atoms with Crippen molar-refractivity contribution in [1.29, 1.82) is 0 Å². The lowest BCUT2D eigenvalue weighted by Crippen LogP contribution is -2.37. The average Bonchev–Trinajstić information content (AvgIpc) is 2.29. The van der Waals surface area contributed by atoms with Crippen molar-refractivity contribution in [2.75, 3.05) is 6.61 Å². The molecule has 1 rings (SSSR count). The number of benzene rings is 1. The van der Waals surface area contributed by atoms with Crippen molar-refractivity contribution in [1.82, 2.24) is 0 Å². The highest BCUT2D eigenvalue weighted by Crippen LogP contribution is 2.31. The van der Waals surface area contributed by atoms with Crippen LogP contribution in [0.15, 0.2) is 30.3 Å². The molecule has 0 aromatic heterocycles. The Labute approximate surface area is 112 Å². The van der Waals surface area contributed by atoms with Crippen LogP contribution in [-0.2, 0) is 20.7 Å². The number of esters is 1. The highest BCUT2D eigenvalue weighted by atomic mass is 32.2. The maximum Gasteiger partial charge on any atom is 0.322 e. The Morgan fingerprint density at radius 2 is 1.89 bits per heavy atom. The van der Waals surface area contributed by atoms with Crippen LogP contribution in [0.4, 0.5) is 0 Å². The molecule has 18 heavy (non-hydrogen) atoms. The van der Waals surface area contributed by atoms with Crippen LogP contribution < -0.4 is 0 Å². The molecule has 3 nitrogen and oxygen atoms in total. The molecule has 1 atom stereocenters. The minimum atomic E-state index is -0.858. The normalized spacial score (nSPS) is 13.7. The Bertz CT molecular complexity index is 416. The molecule has 0 aliphatic rings. The van der Waals surface area contributed by atoms with Crippen molar-refractivity contribution in [3.63, 3.8) is 0 Å². The van der Waals surface area contributed by atoms with Crippen molar-refractivity contribution in [2.24, 2.45) is 0 Å². The summed E-state index contributed by atoms with van der Waals surface area (Å²) in [6.45, 7) is 5.30. The SMILES string of the molecule is CCOC(=O)C(C)(Cc1ccccc1)SC(C)=O. The van der Waals surface area contributed by atoms with E-state index in [9.17, 15) is 9.59 Å². The van der Waals surface area contributed by atoms with Gasteiger partial charge in [0, 0.05) is 6.92 Å². The summed E-state index contributed by atoms with van der Waals surface area (Å²) < 4.78 is 4.21. The van der Waals surface area contributed by atoms with Crippen LogP contribution in [0.25, 0.3) is 0 Å². The second kappa shape index (κ2) is 6.59. The van der Waals surface area contributed by atoms with Crippen LogP contribution in [0.3, 0.4) is 0 Å². The van der Waals surface area contributed by atoms with E-state index in [-0.39, 0.29) is 11.1 Å². The van der Waals surface area contributed by atoms with Gasteiger partial charge >= 0.3 is 5.97 Å². The maximum atomic E-state index is 12.0. The number of rotatable bonds is 5. The van der Waals surface area contributed by atoms with Crippen LogP contribution in [0.1, 0.15) is 26.3 Å². The molecule has 0 aliphatic heterocycles. The summed E-state index contributed by atoms with van der Waals surface area (Å²) in [5, 5.41) is -0.0820. The van der Waals surface area contributed by atoms with Crippen molar-refractivity contribution in [3.8, 4) is 0 Å². The van der Waals surface area contributed by atoms with Crippen molar-refractivity contribution in [3.05, 3.63) is 35.9 Å². The Hall–Kier alpha value is -1.29. The van der Waals surface area contributed by atoms with Gasteiger partial charge in [-0.05, 0) is 25.8 Å². The smallest absolute Gasteiger partial charge is 0.322 e. The maximum absolute atomic E-state index is 12.0. The molecule has 0 spiro atoms. The summed E-state index contributed by atoms with van der Waals surface area (Å²) in [5.74, 6) is -0.339. The molecular formula is C14H18O3S. The summed E-state index contributed by atoms with van der Waals surface area (Å²) >= 11 is 1.03. The molecule has 0 N–H and O–H groups in total. The summed E-state index contributed by atoms with van der Waals surface area (Å²) in [4.78, 5) is 23.3. The summed E-state index contributed by atoms with van der Waals surface area (Å²) in [5.41, 5.74) is 1.02. The third kappa shape index (κ3) is 4.18. The monoisotopic (exact) mass is 266 g/mol. The Kier molecular flexibility index (Phi) is 5.41. The predicted octanol–water partition coefficient (Wildman–Crippen LogP) is 2.83. The summed E-state index contributed by atoms with van der Waals surface area (Å²) in [6, 6.07) is 9.64. The molecule has 0 radical (unpaired) electrons. The first-order valence-corrected chi connectivity index (χ1v) is 6.70. The topological polar surface area (TPSA) is 43.4 Å². The molecule has 0 heterocycles. The summed E-state index contributed by atoms with van der Waals surface area (Å²) in [6.07, 6.45) is 0.483. The molecule has 0 saturated carbocycles. The minimum Gasteiger partial charge on any atom is -0.465 e. The largest absolute Gasteiger partial charge is 0.465 e. The second-order valence-corrected chi connectivity index (χ2v) is 5.89. The predicted molar refractivity (Wildman–Crippen MR) is 73.5 cm³/mol. The summed E-state index contributed by atoms with van der Waals surface area (Å²) in [7, 11) is 0. The van der Waals surface area contributed by atoms with E-state index in [1.165, 1.54) is 6.92 Å². The van der Waals surface area contributed by atoms with Crippen LogP contribution >= 0.6 is 11.8 Å². The molecule has 1 aromatic carbocycles. The molecule has 0 fully saturated rings. The van der Waals surface area contributed by atoms with Gasteiger partial charge in [0.15, 0.2) is 5.12 Å². The zero-order chi connectivity index (χ0) is 13.6. The molecule has 1 unspecified atom stereocenters. The van der Waals surface area contributed by atoms with E-state index in [0.717, 1.165) is 17.3 Å². The fourth-order valence-electron chi connectivity index (χ4n) is 1.74. The lowest BCUT2D eigenvalue weighted by Gasteiger charge is -2.25. The number of ether oxygens (including phenoxy) is 1. The van der Waals surface area contributed by atoms with Gasteiger partial charge in [-0.3, -0.25) is 9.59 Å². The molecule has 0 aliphatic carbocycles. The van der Waals surface area contributed by atoms with Crippen LogP contribution in [0.5, 0.6) is 0 Å². The van der Waals surface area contributed by atoms with Crippen molar-refractivity contribution < 1.29 is 14.3 Å². The van der Waals surface area contributed by atoms with Gasteiger partial charge in [0.2, 0.25) is 0 Å². The first-order chi connectivity index (χ1) is 8.48. The molecule has 0 amide bonds. The van der Waals surface area contributed by atoms with Crippen LogP contribution in [-0.4, -0.2) is 22.4 Å². The molecule has 1 aromatic rings. The van der Waals surface area contributed by atoms with E-state index < -0.39 is 4.75 Å². The van der Waals surface area contributed by atoms with E-state index in [0.29, 0.717) is 13.0 Å². The number of carbonyl (C=O) groups is 2. The number of carbonyl (C=O) groups excluding carboxylic acids is 2. The third-order valence-corrected chi connectivity index (χ3v) is 3.51. The Morgan fingerprint density at radius 3 is 2.39 bits per heavy atom. The van der Waals surface area contributed by atoms with E-state index in [4.69, 9.17) is 4.74 Å². The van der Waals surface area contributed by atoms with Gasteiger partial charge in [0.1, 0.15) is 4.75 Å². The molecule has 0 saturated heterocycles. The third-order valence-electron chi connectivity index (χ3n) is 2.46. The van der Waals surface area contributed by atoms with Gasteiger partial charge in [0.05, 0.1) is 6.61 Å². The quantitative estimate of drug-likeness (QED) is 0.769. The average molecular weight is 266 g/mol. The van der Waals surface area contributed by atoms with Gasteiger partial charge in [-0.15, -0.1) is 0 Å². The molecule has 4 heteroatoms. The highest BCUT2D eigenvalue weighted by Gasteiger charge is 2.37. The lowest BCUT2D eigenvalue weighted by molar-refractivity contribution is -0.145. The van der Waals surface area contributed by atoms with E-state index in [1.807, 2.05) is 30.3 Å². The number of hydrogen-bond donors (Lipinski definition) is 0. The molecule has 0 bridgehead atoms. The molecular weight excluding hydrogens is 248 g/mol. The standard InChI is InChI=1S/C14H18O3S/c1-4-17-13(16)14(3,18-11(2)15)10-12-8-6-5-7-9-12/h5-9H,4,10H2,1-3H3. The van der Waals surface area contributed by atoms with Crippen LogP contribution in [0.2, 0.25) is 0 Å². The fourth-order valence-corrected chi connectivity index (χ4v) is 2.75. The van der Waals surface area contributed by atoms with Crippen molar-refractivity contribution in [2.45, 2.75) is 31.9 Å². The number of hydrogen-bond acceptors (Lipinski definition) is 4.